The largest absolute Gasteiger partial charge is 0.325 e. The van der Waals surface area contributed by atoms with E-state index in [1.165, 1.54) is 16.0 Å². The third kappa shape index (κ3) is 4.73. The summed E-state index contributed by atoms with van der Waals surface area (Å²) in [6.07, 6.45) is 0. The lowest BCUT2D eigenvalue weighted by Gasteiger charge is -2.07. The zero-order valence-electron chi connectivity index (χ0n) is 11.1. The molecule has 1 aromatic carbocycles. The molecule has 0 bridgehead atoms. The highest BCUT2D eigenvalue weighted by molar-refractivity contribution is 7.99. The van der Waals surface area contributed by atoms with Crippen LogP contribution in [0.3, 0.4) is 0 Å². The van der Waals surface area contributed by atoms with E-state index in [2.05, 4.69) is 22.8 Å². The summed E-state index contributed by atoms with van der Waals surface area (Å²) in [5.74, 6) is 1.45. The van der Waals surface area contributed by atoms with Gasteiger partial charge in [-0.1, -0.05) is 12.1 Å². The van der Waals surface area contributed by atoms with Gasteiger partial charge in [0, 0.05) is 16.3 Å². The van der Waals surface area contributed by atoms with Crippen molar-refractivity contribution in [3.63, 3.8) is 0 Å². The number of nitrogens with one attached hydrogen (secondary N) is 1. The Morgan fingerprint density at radius 3 is 2.63 bits per heavy atom. The molecule has 19 heavy (non-hydrogen) atoms. The molecule has 1 amide bonds. The highest BCUT2D eigenvalue weighted by Crippen LogP contribution is 2.18. The van der Waals surface area contributed by atoms with Crippen molar-refractivity contribution >= 4 is 34.7 Å². The Morgan fingerprint density at radius 1 is 1.26 bits per heavy atom. The monoisotopic (exact) mass is 291 g/mol. The van der Waals surface area contributed by atoms with Gasteiger partial charge in [0.05, 0.1) is 5.75 Å². The number of hydrogen-bond donors (Lipinski definition) is 1. The Kier molecular flexibility index (Phi) is 5.05. The topological polar surface area (TPSA) is 29.1 Å². The Balaban J connectivity index is 1.80. The van der Waals surface area contributed by atoms with Gasteiger partial charge < -0.3 is 5.32 Å². The molecule has 2 aromatic rings. The number of aryl methyl sites for hydroxylation is 2. The Hall–Kier alpha value is -1.26. The predicted octanol–water partition coefficient (Wildman–Crippen LogP) is 4.24. The van der Waals surface area contributed by atoms with Crippen LogP contribution in [0, 0.1) is 13.8 Å². The fourth-order valence-electron chi connectivity index (χ4n) is 1.88. The number of carbonyl (C=O) groups excluding carboxylic acids is 1. The highest BCUT2D eigenvalue weighted by Gasteiger charge is 2.04. The van der Waals surface area contributed by atoms with E-state index < -0.39 is 0 Å². The van der Waals surface area contributed by atoms with Crippen molar-refractivity contribution in [3.05, 3.63) is 51.7 Å². The minimum atomic E-state index is 0.0616. The number of anilines is 1. The fraction of sp³-hybridized carbons (Fsp3) is 0.267. The lowest BCUT2D eigenvalue weighted by molar-refractivity contribution is -0.113. The Morgan fingerprint density at radius 2 is 2.00 bits per heavy atom. The normalized spacial score (nSPS) is 10.4. The molecular formula is C15H17NOS2. The summed E-state index contributed by atoms with van der Waals surface area (Å²) >= 11 is 3.38. The van der Waals surface area contributed by atoms with Crippen molar-refractivity contribution in [2.45, 2.75) is 19.6 Å². The summed E-state index contributed by atoms with van der Waals surface area (Å²) in [4.78, 5) is 13.1. The van der Waals surface area contributed by atoms with Gasteiger partial charge in [-0.25, -0.2) is 0 Å². The Labute approximate surface area is 122 Å². The molecule has 0 saturated carbocycles. The van der Waals surface area contributed by atoms with Crippen molar-refractivity contribution in [2.24, 2.45) is 0 Å². The van der Waals surface area contributed by atoms with Gasteiger partial charge in [0.2, 0.25) is 5.91 Å². The number of thioether (sulfide) groups is 1. The number of carbonyl (C=O) groups is 1. The van der Waals surface area contributed by atoms with E-state index in [0.717, 1.165) is 11.4 Å². The molecule has 0 saturated heterocycles. The molecule has 0 aliphatic heterocycles. The van der Waals surface area contributed by atoms with Gasteiger partial charge in [-0.05, 0) is 48.6 Å². The van der Waals surface area contributed by atoms with E-state index in [-0.39, 0.29) is 5.91 Å². The molecule has 0 aliphatic carbocycles. The molecule has 0 spiro atoms. The van der Waals surface area contributed by atoms with Crippen molar-refractivity contribution in [1.29, 1.82) is 0 Å². The minimum absolute atomic E-state index is 0.0616. The molecule has 2 rings (SSSR count). The van der Waals surface area contributed by atoms with Crippen molar-refractivity contribution < 1.29 is 4.79 Å². The summed E-state index contributed by atoms with van der Waals surface area (Å²) in [7, 11) is 0. The molecule has 4 heteroatoms. The van der Waals surface area contributed by atoms with E-state index in [0.29, 0.717) is 5.75 Å². The summed E-state index contributed by atoms with van der Waals surface area (Å²) in [5.41, 5.74) is 3.22. The standard InChI is InChI=1S/C15H17NOS2/c1-11-6-12(2)8-13(7-11)16-15(17)10-18-9-14-4-3-5-19-14/h3-8H,9-10H2,1-2H3,(H,16,17). The molecule has 0 fully saturated rings. The fourth-order valence-corrected chi connectivity index (χ4v) is 3.55. The number of rotatable bonds is 5. The molecule has 1 N–H and O–H groups in total. The molecular weight excluding hydrogens is 274 g/mol. The van der Waals surface area contributed by atoms with Crippen LogP contribution >= 0.6 is 23.1 Å². The molecule has 2 nitrogen and oxygen atoms in total. The molecule has 0 radical (unpaired) electrons. The lowest BCUT2D eigenvalue weighted by Crippen LogP contribution is -2.14. The third-order valence-electron chi connectivity index (χ3n) is 2.56. The van der Waals surface area contributed by atoms with Crippen LogP contribution in [-0.4, -0.2) is 11.7 Å². The van der Waals surface area contributed by atoms with Gasteiger partial charge in [-0.15, -0.1) is 23.1 Å². The molecule has 1 heterocycles. The van der Waals surface area contributed by atoms with Crippen LogP contribution in [0.25, 0.3) is 0 Å². The van der Waals surface area contributed by atoms with E-state index in [9.17, 15) is 4.79 Å². The van der Waals surface area contributed by atoms with Crippen molar-refractivity contribution in [2.75, 3.05) is 11.1 Å². The molecule has 0 aliphatic rings. The van der Waals surface area contributed by atoms with E-state index in [4.69, 9.17) is 0 Å². The molecule has 0 unspecified atom stereocenters. The van der Waals surface area contributed by atoms with Gasteiger partial charge in [-0.2, -0.15) is 0 Å². The second-order valence-corrected chi connectivity index (χ2v) is 6.51. The smallest absolute Gasteiger partial charge is 0.234 e. The van der Waals surface area contributed by atoms with E-state index in [1.54, 1.807) is 23.1 Å². The summed E-state index contributed by atoms with van der Waals surface area (Å²) in [6.45, 7) is 4.07. The quantitative estimate of drug-likeness (QED) is 0.893. The van der Waals surface area contributed by atoms with Crippen LogP contribution in [0.2, 0.25) is 0 Å². The second-order valence-electron chi connectivity index (χ2n) is 4.50. The second kappa shape index (κ2) is 6.78. The van der Waals surface area contributed by atoms with Crippen LogP contribution < -0.4 is 5.32 Å². The first kappa shape index (κ1) is 14.2. The number of benzene rings is 1. The average Bonchev–Trinajstić information content (AvgIpc) is 2.80. The number of hydrogen-bond acceptors (Lipinski definition) is 3. The van der Waals surface area contributed by atoms with Gasteiger partial charge >= 0.3 is 0 Å². The summed E-state index contributed by atoms with van der Waals surface area (Å²) in [6, 6.07) is 10.2. The summed E-state index contributed by atoms with van der Waals surface area (Å²) in [5, 5.41) is 5.01. The first-order valence-electron chi connectivity index (χ1n) is 6.12. The lowest BCUT2D eigenvalue weighted by atomic mass is 10.1. The van der Waals surface area contributed by atoms with Gasteiger partial charge in [0.1, 0.15) is 0 Å². The number of amides is 1. The van der Waals surface area contributed by atoms with Crippen molar-refractivity contribution in [1.82, 2.24) is 0 Å². The van der Waals surface area contributed by atoms with Crippen LogP contribution in [0.1, 0.15) is 16.0 Å². The van der Waals surface area contributed by atoms with Gasteiger partial charge in [0.25, 0.3) is 0 Å². The average molecular weight is 291 g/mol. The molecule has 1 aromatic heterocycles. The zero-order chi connectivity index (χ0) is 13.7. The van der Waals surface area contributed by atoms with Gasteiger partial charge in [-0.3, -0.25) is 4.79 Å². The minimum Gasteiger partial charge on any atom is -0.325 e. The summed E-state index contributed by atoms with van der Waals surface area (Å²) < 4.78 is 0. The first-order valence-corrected chi connectivity index (χ1v) is 8.15. The maximum absolute atomic E-state index is 11.8. The predicted molar refractivity (Wildman–Crippen MR) is 85.0 cm³/mol. The zero-order valence-corrected chi connectivity index (χ0v) is 12.7. The highest BCUT2D eigenvalue weighted by atomic mass is 32.2. The van der Waals surface area contributed by atoms with Gasteiger partial charge in [0.15, 0.2) is 0 Å². The maximum Gasteiger partial charge on any atom is 0.234 e. The number of thiophene rings is 1. The Bertz CT molecular complexity index is 529. The molecule has 0 atom stereocenters. The van der Waals surface area contributed by atoms with Crippen molar-refractivity contribution in [3.8, 4) is 0 Å². The maximum atomic E-state index is 11.8. The first-order chi connectivity index (χ1) is 9.13. The van der Waals surface area contributed by atoms with Crippen LogP contribution in [0.15, 0.2) is 35.7 Å². The van der Waals surface area contributed by atoms with Crippen LogP contribution in [-0.2, 0) is 10.5 Å². The van der Waals surface area contributed by atoms with E-state index >= 15 is 0 Å². The molecule has 100 valence electrons. The van der Waals surface area contributed by atoms with Crippen LogP contribution in [0.4, 0.5) is 5.69 Å². The SMILES string of the molecule is Cc1cc(C)cc(NC(=O)CSCc2cccs2)c1. The van der Waals surface area contributed by atoms with Crippen LogP contribution in [0.5, 0.6) is 0 Å². The van der Waals surface area contributed by atoms with E-state index in [1.807, 2.05) is 32.0 Å². The third-order valence-corrected chi connectivity index (χ3v) is 4.60.